The van der Waals surface area contributed by atoms with Crippen LogP contribution in [0.1, 0.15) is 94.8 Å². The maximum atomic E-state index is 12.9. The fourth-order valence-corrected chi connectivity index (χ4v) is 8.07. The molecule has 3 aromatic rings. The van der Waals surface area contributed by atoms with Gasteiger partial charge in [0.25, 0.3) is 0 Å². The van der Waals surface area contributed by atoms with Crippen LogP contribution >= 0.6 is 0 Å². The lowest BCUT2D eigenvalue weighted by atomic mass is 9.51. The van der Waals surface area contributed by atoms with E-state index in [1.165, 1.54) is 55.3 Å². The summed E-state index contributed by atoms with van der Waals surface area (Å²) in [5, 5.41) is 0. The number of H-pyrrole nitrogens is 2. The number of rotatable bonds is 6. The molecule has 6 nitrogen and oxygen atoms in total. The van der Waals surface area contributed by atoms with Crippen molar-refractivity contribution in [3.8, 4) is 11.3 Å². The van der Waals surface area contributed by atoms with Crippen molar-refractivity contribution in [1.82, 2.24) is 24.8 Å². The van der Waals surface area contributed by atoms with Crippen molar-refractivity contribution >= 4 is 5.91 Å². The van der Waals surface area contributed by atoms with Crippen LogP contribution in [-0.4, -0.2) is 36.8 Å². The van der Waals surface area contributed by atoms with Crippen molar-refractivity contribution in [3.63, 3.8) is 0 Å². The second-order valence-corrected chi connectivity index (χ2v) is 12.1. The van der Waals surface area contributed by atoms with Crippen LogP contribution in [0.25, 0.3) is 11.3 Å². The van der Waals surface area contributed by atoms with Gasteiger partial charge in [0.2, 0.25) is 5.91 Å². The second kappa shape index (κ2) is 8.06. The maximum absolute atomic E-state index is 12.9. The topological polar surface area (TPSA) is 77.7 Å². The summed E-state index contributed by atoms with van der Waals surface area (Å²) < 4.78 is 0. The van der Waals surface area contributed by atoms with Crippen molar-refractivity contribution in [2.45, 2.75) is 94.5 Å². The van der Waals surface area contributed by atoms with E-state index in [4.69, 9.17) is 4.98 Å². The highest BCUT2D eigenvalue weighted by atomic mass is 16.2. The van der Waals surface area contributed by atoms with E-state index in [0.29, 0.717) is 35.1 Å². The van der Waals surface area contributed by atoms with E-state index in [-0.39, 0.29) is 11.9 Å². The number of piperidine rings is 1. The summed E-state index contributed by atoms with van der Waals surface area (Å²) in [6.07, 6.45) is 15.9. The molecule has 5 fully saturated rings. The number of amides is 1. The van der Waals surface area contributed by atoms with Crippen molar-refractivity contribution in [2.24, 2.45) is 11.8 Å². The van der Waals surface area contributed by atoms with Gasteiger partial charge in [0, 0.05) is 29.8 Å². The number of hydrogen-bond acceptors (Lipinski definition) is 3. The molecule has 1 saturated heterocycles. The number of carbonyl (C=O) groups excluding carboxylic acids is 1. The highest BCUT2D eigenvalue weighted by molar-refractivity contribution is 5.78. The molecule has 2 aromatic heterocycles. The average molecular weight is 484 g/mol. The molecule has 2 unspecified atom stereocenters. The summed E-state index contributed by atoms with van der Waals surface area (Å²) in [4.78, 5) is 31.1. The van der Waals surface area contributed by atoms with Gasteiger partial charge in [-0.15, -0.1) is 0 Å². The number of aromatic amines is 2. The molecule has 2 bridgehead atoms. The third-order valence-corrected chi connectivity index (χ3v) is 10.5. The first-order valence-corrected chi connectivity index (χ1v) is 14.0. The van der Waals surface area contributed by atoms with Gasteiger partial charge in [-0.1, -0.05) is 38.1 Å². The molecule has 0 radical (unpaired) electrons. The van der Waals surface area contributed by atoms with Gasteiger partial charge < -0.3 is 14.9 Å². The van der Waals surface area contributed by atoms with Crippen LogP contribution in [0, 0.1) is 11.8 Å². The summed E-state index contributed by atoms with van der Waals surface area (Å²) in [6.45, 7) is 4.36. The zero-order valence-electron chi connectivity index (χ0n) is 21.5. The molecule has 6 heteroatoms. The van der Waals surface area contributed by atoms with Gasteiger partial charge in [0.15, 0.2) is 0 Å². The first kappa shape index (κ1) is 22.3. The molecule has 4 saturated carbocycles. The molecule has 1 aromatic carbocycles. The van der Waals surface area contributed by atoms with Crippen molar-refractivity contribution in [1.29, 1.82) is 0 Å². The van der Waals surface area contributed by atoms with Crippen LogP contribution in [0.4, 0.5) is 0 Å². The van der Waals surface area contributed by atoms with Crippen LogP contribution in [0.5, 0.6) is 0 Å². The molecule has 3 heterocycles. The summed E-state index contributed by atoms with van der Waals surface area (Å²) >= 11 is 0. The minimum atomic E-state index is 0.0989. The van der Waals surface area contributed by atoms with E-state index in [2.05, 4.69) is 58.0 Å². The zero-order chi connectivity index (χ0) is 24.5. The lowest BCUT2D eigenvalue weighted by Gasteiger charge is -2.53. The Morgan fingerprint density at radius 3 is 2.44 bits per heavy atom. The number of imidazole rings is 2. The number of benzene rings is 1. The SMILES string of the molecule is CCCC(=O)N1C2C(C[C@H]1c1ncc(-c3ccc(C45CCC(c6cnc[nH]6)(CC4)CC5)cc3)[nH]1)[C@H]2C. The van der Waals surface area contributed by atoms with Crippen LogP contribution in [0.2, 0.25) is 0 Å². The lowest BCUT2D eigenvalue weighted by molar-refractivity contribution is -0.133. The Morgan fingerprint density at radius 1 is 1.06 bits per heavy atom. The molecule has 36 heavy (non-hydrogen) atoms. The molecule has 1 amide bonds. The summed E-state index contributed by atoms with van der Waals surface area (Å²) in [5.74, 6) is 2.51. The lowest BCUT2D eigenvalue weighted by Crippen LogP contribution is -2.46. The quantitative estimate of drug-likeness (QED) is 0.448. The van der Waals surface area contributed by atoms with E-state index in [0.717, 1.165) is 24.4 Å². The summed E-state index contributed by atoms with van der Waals surface area (Å²) in [5.41, 5.74) is 5.69. The number of nitrogens with zero attached hydrogens (tertiary/aromatic N) is 3. The van der Waals surface area contributed by atoms with Gasteiger partial charge in [-0.3, -0.25) is 4.79 Å². The predicted octanol–water partition coefficient (Wildman–Crippen LogP) is 6.05. The van der Waals surface area contributed by atoms with Crippen molar-refractivity contribution in [3.05, 3.63) is 60.1 Å². The van der Waals surface area contributed by atoms with Gasteiger partial charge in [-0.25, -0.2) is 9.97 Å². The van der Waals surface area contributed by atoms with E-state index in [1.807, 2.05) is 18.7 Å². The van der Waals surface area contributed by atoms with Gasteiger partial charge in [0.1, 0.15) is 5.82 Å². The standard InChI is InChI=1S/C30H37N5O/c1-3-4-26(36)35-24(15-22-19(2)27(22)35)28-32-16-23(34-28)20-5-7-21(8-6-20)29-9-12-30(13-10-29,14-11-29)25-17-31-18-33-25/h5-8,16-19,22,24,27H,3-4,9-15H2,1-2H3,(H,31,33)(H,32,34)/t19-,22?,24+,27?,29?,30?/m1/s1. The molecule has 1 aliphatic heterocycles. The van der Waals surface area contributed by atoms with Crippen LogP contribution in [0.3, 0.4) is 0 Å². The van der Waals surface area contributed by atoms with Gasteiger partial charge >= 0.3 is 0 Å². The minimum absolute atomic E-state index is 0.0989. The molecule has 8 rings (SSSR count). The van der Waals surface area contributed by atoms with Crippen LogP contribution < -0.4 is 0 Å². The fourth-order valence-electron chi connectivity index (χ4n) is 8.07. The highest BCUT2D eigenvalue weighted by Crippen LogP contribution is 2.59. The van der Waals surface area contributed by atoms with Crippen LogP contribution in [0.15, 0.2) is 43.0 Å². The van der Waals surface area contributed by atoms with Crippen LogP contribution in [-0.2, 0) is 15.6 Å². The first-order valence-electron chi connectivity index (χ1n) is 14.0. The number of hydrogen-bond donors (Lipinski definition) is 2. The van der Waals surface area contributed by atoms with Gasteiger partial charge in [-0.2, -0.15) is 0 Å². The Bertz CT molecular complexity index is 1230. The molecule has 4 atom stereocenters. The summed E-state index contributed by atoms with van der Waals surface area (Å²) in [7, 11) is 0. The van der Waals surface area contributed by atoms with Gasteiger partial charge in [0.05, 0.1) is 24.3 Å². The average Bonchev–Trinajstić information content (AvgIpc) is 3.48. The van der Waals surface area contributed by atoms with E-state index >= 15 is 0 Å². The zero-order valence-corrected chi connectivity index (χ0v) is 21.5. The van der Waals surface area contributed by atoms with Crippen molar-refractivity contribution in [2.75, 3.05) is 0 Å². The third kappa shape index (κ3) is 3.25. The fraction of sp³-hybridized carbons (Fsp3) is 0.567. The van der Waals surface area contributed by atoms with Gasteiger partial charge in [-0.05, 0) is 79.7 Å². The Morgan fingerprint density at radius 2 is 1.78 bits per heavy atom. The Hall–Kier alpha value is -2.89. The normalized spacial score (nSPS) is 34.7. The molecular formula is C30H37N5O. The maximum Gasteiger partial charge on any atom is 0.223 e. The number of carbonyl (C=O) groups is 1. The molecule has 5 aliphatic rings. The number of aromatic nitrogens is 4. The Balaban J connectivity index is 1.08. The van der Waals surface area contributed by atoms with Crippen molar-refractivity contribution < 1.29 is 4.79 Å². The molecule has 188 valence electrons. The van der Waals surface area contributed by atoms with E-state index in [1.54, 1.807) is 0 Å². The second-order valence-electron chi connectivity index (χ2n) is 12.1. The van der Waals surface area contributed by atoms with E-state index < -0.39 is 0 Å². The number of likely N-dealkylation sites (tertiary alicyclic amines) is 1. The van der Waals surface area contributed by atoms with E-state index in [9.17, 15) is 4.79 Å². The first-order chi connectivity index (χ1) is 17.5. The largest absolute Gasteiger partial charge is 0.348 e. The predicted molar refractivity (Wildman–Crippen MR) is 139 cm³/mol. The molecular weight excluding hydrogens is 446 g/mol. The Labute approximate surface area is 213 Å². The smallest absolute Gasteiger partial charge is 0.223 e. The summed E-state index contributed by atoms with van der Waals surface area (Å²) in [6, 6.07) is 9.75. The minimum Gasteiger partial charge on any atom is -0.348 e. The number of nitrogens with one attached hydrogen (secondary N) is 2. The Kier molecular flexibility index (Phi) is 4.99. The highest BCUT2D eigenvalue weighted by Gasteiger charge is 2.60. The monoisotopic (exact) mass is 483 g/mol. The molecule has 0 spiro atoms. The third-order valence-electron chi connectivity index (χ3n) is 10.5. The molecule has 4 aliphatic carbocycles. The molecule has 2 N–H and O–H groups in total. The number of fused-ring (bicyclic) bond motifs is 4.